The van der Waals surface area contributed by atoms with E-state index in [0.29, 0.717) is 11.7 Å². The highest BCUT2D eigenvalue weighted by molar-refractivity contribution is 5.95. The van der Waals surface area contributed by atoms with E-state index in [1.165, 1.54) is 0 Å². The van der Waals surface area contributed by atoms with Crippen LogP contribution in [0.3, 0.4) is 0 Å². The van der Waals surface area contributed by atoms with Crippen LogP contribution in [0.4, 0.5) is 0 Å². The van der Waals surface area contributed by atoms with E-state index in [1.807, 2.05) is 0 Å². The molecule has 0 radical (unpaired) electrons. The van der Waals surface area contributed by atoms with Crippen molar-refractivity contribution in [2.45, 2.75) is 39.5 Å². The maximum atomic E-state index is 12.6. The van der Waals surface area contributed by atoms with Crippen molar-refractivity contribution in [2.24, 2.45) is 16.7 Å². The first-order valence-electron chi connectivity index (χ1n) is 6.30. The topological polar surface area (TPSA) is 42.9 Å². The van der Waals surface area contributed by atoms with Crippen molar-refractivity contribution in [1.82, 2.24) is 9.97 Å². The molecular formula is C14H18N2O. The summed E-state index contributed by atoms with van der Waals surface area (Å²) in [6.07, 6.45) is 5.61. The zero-order valence-electron chi connectivity index (χ0n) is 10.6. The lowest BCUT2D eigenvalue weighted by atomic mass is 9.70. The van der Waals surface area contributed by atoms with Gasteiger partial charge in [0.2, 0.25) is 0 Å². The van der Waals surface area contributed by atoms with Crippen LogP contribution in [-0.4, -0.2) is 15.8 Å². The van der Waals surface area contributed by atoms with E-state index in [0.717, 1.165) is 18.7 Å². The summed E-state index contributed by atoms with van der Waals surface area (Å²) in [6, 6.07) is 1.80. The molecule has 17 heavy (non-hydrogen) atoms. The van der Waals surface area contributed by atoms with Gasteiger partial charge in [-0.2, -0.15) is 0 Å². The summed E-state index contributed by atoms with van der Waals surface area (Å²) in [4.78, 5) is 21.2. The predicted molar refractivity (Wildman–Crippen MR) is 64.4 cm³/mol. The molecule has 2 bridgehead atoms. The van der Waals surface area contributed by atoms with E-state index in [2.05, 4.69) is 30.7 Å². The molecule has 3 rings (SSSR count). The molecule has 1 aromatic heterocycles. The molecule has 2 fully saturated rings. The number of ketones is 1. The quantitative estimate of drug-likeness (QED) is 0.744. The van der Waals surface area contributed by atoms with Gasteiger partial charge in [-0.25, -0.2) is 9.97 Å². The normalized spacial score (nSPS) is 38.6. The molecule has 0 aromatic carbocycles. The number of carbonyl (C=O) groups is 1. The third-order valence-electron chi connectivity index (χ3n) is 5.40. The van der Waals surface area contributed by atoms with Crippen LogP contribution in [0.1, 0.15) is 45.4 Å². The summed E-state index contributed by atoms with van der Waals surface area (Å²) in [5, 5.41) is 0. The van der Waals surface area contributed by atoms with E-state index in [1.54, 1.807) is 18.5 Å². The fourth-order valence-corrected chi connectivity index (χ4v) is 3.85. The molecule has 0 spiro atoms. The van der Waals surface area contributed by atoms with Gasteiger partial charge in [-0.05, 0) is 30.2 Å². The first kappa shape index (κ1) is 10.9. The zero-order valence-corrected chi connectivity index (χ0v) is 10.6. The molecule has 3 heteroatoms. The molecule has 2 aliphatic rings. The minimum absolute atomic E-state index is 0.0773. The highest BCUT2D eigenvalue weighted by Gasteiger charge is 2.67. The van der Waals surface area contributed by atoms with E-state index < -0.39 is 0 Å². The molecule has 3 nitrogen and oxygen atoms in total. The Morgan fingerprint density at radius 1 is 1.24 bits per heavy atom. The van der Waals surface area contributed by atoms with Gasteiger partial charge in [0.1, 0.15) is 11.6 Å². The first-order chi connectivity index (χ1) is 7.98. The van der Waals surface area contributed by atoms with Crippen molar-refractivity contribution >= 4 is 5.78 Å². The fraction of sp³-hybridized carbons (Fsp3) is 0.643. The molecule has 0 saturated heterocycles. The van der Waals surface area contributed by atoms with Crippen molar-refractivity contribution in [3.63, 3.8) is 0 Å². The lowest BCUT2D eigenvalue weighted by molar-refractivity contribution is -0.129. The average Bonchev–Trinajstić information content (AvgIpc) is 2.62. The van der Waals surface area contributed by atoms with Crippen molar-refractivity contribution in [1.29, 1.82) is 0 Å². The monoisotopic (exact) mass is 230 g/mol. The highest BCUT2D eigenvalue weighted by Crippen LogP contribution is 2.67. The Morgan fingerprint density at radius 2 is 1.88 bits per heavy atom. The standard InChI is InChI=1S/C14H18N2O/c1-13(2)9-5-6-14(13,3)11(17)10(9)12-15-7-4-8-16-12/h4,7-10H,5-6H2,1-3H3. The Bertz CT molecular complexity index is 468. The summed E-state index contributed by atoms with van der Waals surface area (Å²) in [5.41, 5.74) is -0.102. The van der Waals surface area contributed by atoms with Crippen molar-refractivity contribution in [3.8, 4) is 0 Å². The second-order valence-electron chi connectivity index (χ2n) is 6.15. The number of aromatic nitrogens is 2. The number of hydrogen-bond acceptors (Lipinski definition) is 3. The molecule has 3 unspecified atom stereocenters. The Kier molecular flexibility index (Phi) is 2.02. The summed E-state index contributed by atoms with van der Waals surface area (Å²) in [6.45, 7) is 6.58. The van der Waals surface area contributed by atoms with Crippen LogP contribution in [0.2, 0.25) is 0 Å². The number of hydrogen-bond donors (Lipinski definition) is 0. The van der Waals surface area contributed by atoms with Crippen molar-refractivity contribution in [2.75, 3.05) is 0 Å². The maximum absolute atomic E-state index is 12.6. The smallest absolute Gasteiger partial charge is 0.150 e. The van der Waals surface area contributed by atoms with Gasteiger partial charge in [-0.1, -0.05) is 20.8 Å². The van der Waals surface area contributed by atoms with Crippen LogP contribution >= 0.6 is 0 Å². The molecule has 2 saturated carbocycles. The molecular weight excluding hydrogens is 212 g/mol. The van der Waals surface area contributed by atoms with Gasteiger partial charge in [0.15, 0.2) is 0 Å². The van der Waals surface area contributed by atoms with E-state index in [-0.39, 0.29) is 16.7 Å². The van der Waals surface area contributed by atoms with Gasteiger partial charge in [0.05, 0.1) is 5.92 Å². The van der Waals surface area contributed by atoms with Gasteiger partial charge in [0.25, 0.3) is 0 Å². The fourth-order valence-electron chi connectivity index (χ4n) is 3.85. The van der Waals surface area contributed by atoms with Crippen LogP contribution < -0.4 is 0 Å². The minimum Gasteiger partial charge on any atom is -0.298 e. The van der Waals surface area contributed by atoms with Crippen molar-refractivity contribution in [3.05, 3.63) is 24.3 Å². The van der Waals surface area contributed by atoms with Crippen LogP contribution in [0.25, 0.3) is 0 Å². The number of fused-ring (bicyclic) bond motifs is 2. The van der Waals surface area contributed by atoms with Crippen LogP contribution in [0, 0.1) is 16.7 Å². The largest absolute Gasteiger partial charge is 0.298 e. The van der Waals surface area contributed by atoms with Gasteiger partial charge in [0, 0.05) is 17.8 Å². The van der Waals surface area contributed by atoms with E-state index in [9.17, 15) is 4.79 Å². The van der Waals surface area contributed by atoms with E-state index in [4.69, 9.17) is 0 Å². The van der Waals surface area contributed by atoms with Gasteiger partial charge in [-0.3, -0.25) is 4.79 Å². The predicted octanol–water partition coefficient (Wildman–Crippen LogP) is 2.59. The molecule has 1 aromatic rings. The average molecular weight is 230 g/mol. The summed E-state index contributed by atoms with van der Waals surface area (Å²) < 4.78 is 0. The molecule has 0 amide bonds. The molecule has 0 aliphatic heterocycles. The van der Waals surface area contributed by atoms with Gasteiger partial charge >= 0.3 is 0 Å². The Hall–Kier alpha value is -1.25. The third kappa shape index (κ3) is 1.15. The third-order valence-corrected chi connectivity index (χ3v) is 5.40. The van der Waals surface area contributed by atoms with Crippen LogP contribution in [0.15, 0.2) is 18.5 Å². The van der Waals surface area contributed by atoms with Crippen molar-refractivity contribution < 1.29 is 4.79 Å². The first-order valence-corrected chi connectivity index (χ1v) is 6.30. The van der Waals surface area contributed by atoms with Gasteiger partial charge in [-0.15, -0.1) is 0 Å². The number of nitrogens with zero attached hydrogens (tertiary/aromatic N) is 2. The summed E-state index contributed by atoms with van der Waals surface area (Å²) in [7, 11) is 0. The summed E-state index contributed by atoms with van der Waals surface area (Å²) >= 11 is 0. The number of Topliss-reactive ketones (excluding diaryl/α,β-unsaturated/α-hetero) is 1. The SMILES string of the molecule is CC12CCC(C(c3ncccn3)C1=O)C2(C)C. The lowest BCUT2D eigenvalue weighted by Gasteiger charge is -2.32. The maximum Gasteiger partial charge on any atom is 0.150 e. The molecule has 3 atom stereocenters. The molecule has 0 N–H and O–H groups in total. The second-order valence-corrected chi connectivity index (χ2v) is 6.15. The molecule has 90 valence electrons. The minimum atomic E-state index is -0.179. The Balaban J connectivity index is 2.09. The number of carbonyl (C=O) groups excluding carboxylic acids is 1. The highest BCUT2D eigenvalue weighted by atomic mass is 16.1. The zero-order chi connectivity index (χ0) is 12.3. The Labute approximate surface area is 102 Å². The second kappa shape index (κ2) is 3.15. The Morgan fingerprint density at radius 3 is 2.41 bits per heavy atom. The van der Waals surface area contributed by atoms with Crippen LogP contribution in [0.5, 0.6) is 0 Å². The molecule has 2 aliphatic carbocycles. The lowest BCUT2D eigenvalue weighted by Crippen LogP contribution is -2.33. The molecule has 1 heterocycles. The number of rotatable bonds is 1. The summed E-state index contributed by atoms with van der Waals surface area (Å²) in [5.74, 6) is 1.40. The van der Waals surface area contributed by atoms with Gasteiger partial charge < -0.3 is 0 Å². The van der Waals surface area contributed by atoms with E-state index >= 15 is 0 Å². The van der Waals surface area contributed by atoms with Crippen LogP contribution in [-0.2, 0) is 4.79 Å².